The lowest BCUT2D eigenvalue weighted by Gasteiger charge is -2.21. The minimum atomic E-state index is -0.195. The van der Waals surface area contributed by atoms with Gasteiger partial charge in [-0.15, -0.1) is 0 Å². The first-order chi connectivity index (χ1) is 9.78. The molecule has 1 unspecified atom stereocenters. The molecule has 20 heavy (non-hydrogen) atoms. The molecule has 0 radical (unpaired) electrons. The monoisotopic (exact) mass is 335 g/mol. The van der Waals surface area contributed by atoms with E-state index in [0.717, 1.165) is 27.2 Å². The van der Waals surface area contributed by atoms with Gasteiger partial charge in [0.1, 0.15) is 13.2 Å². The van der Waals surface area contributed by atoms with Gasteiger partial charge >= 0.3 is 0 Å². The van der Waals surface area contributed by atoms with Gasteiger partial charge in [0, 0.05) is 10.7 Å². The van der Waals surface area contributed by atoms with Crippen molar-refractivity contribution in [2.24, 2.45) is 5.84 Å². The molecule has 0 aliphatic carbocycles. The molecule has 0 spiro atoms. The molecule has 3 rings (SSSR count). The fourth-order valence-electron chi connectivity index (χ4n) is 2.15. The molecule has 1 atom stereocenters. The van der Waals surface area contributed by atoms with Gasteiger partial charge in [0.25, 0.3) is 0 Å². The molecule has 5 nitrogen and oxygen atoms in total. The van der Waals surface area contributed by atoms with E-state index in [2.05, 4.69) is 26.3 Å². The summed E-state index contributed by atoms with van der Waals surface area (Å²) in [5.74, 6) is 7.18. The van der Waals surface area contributed by atoms with Gasteiger partial charge in [0.05, 0.1) is 11.7 Å². The third-order valence-electron chi connectivity index (χ3n) is 3.11. The molecule has 3 N–H and O–H groups in total. The Kier molecular flexibility index (Phi) is 3.86. The summed E-state index contributed by atoms with van der Waals surface area (Å²) in [5, 5.41) is 0. The Balaban J connectivity index is 1.94. The third-order valence-corrected chi connectivity index (χ3v) is 3.58. The predicted molar refractivity (Wildman–Crippen MR) is 78.5 cm³/mol. The average Bonchev–Trinajstić information content (AvgIpc) is 2.50. The van der Waals surface area contributed by atoms with Crippen molar-refractivity contribution in [3.63, 3.8) is 0 Å². The molecule has 104 valence electrons. The number of hydrogen-bond donors (Lipinski definition) is 2. The number of fused-ring (bicyclic) bond motifs is 1. The van der Waals surface area contributed by atoms with Crippen LogP contribution >= 0.6 is 15.9 Å². The summed E-state index contributed by atoms with van der Waals surface area (Å²) in [7, 11) is 0. The van der Waals surface area contributed by atoms with E-state index in [0.29, 0.717) is 13.2 Å². The first kappa shape index (κ1) is 13.4. The number of ether oxygens (including phenoxy) is 2. The molecule has 0 amide bonds. The average molecular weight is 336 g/mol. The highest BCUT2D eigenvalue weighted by Gasteiger charge is 2.18. The van der Waals surface area contributed by atoms with Crippen LogP contribution in [0.1, 0.15) is 17.3 Å². The van der Waals surface area contributed by atoms with Crippen LogP contribution < -0.4 is 20.7 Å². The van der Waals surface area contributed by atoms with Crippen molar-refractivity contribution < 1.29 is 9.47 Å². The summed E-state index contributed by atoms with van der Waals surface area (Å²) in [5.41, 5.74) is 4.61. The lowest BCUT2D eigenvalue weighted by atomic mass is 10.0. The summed E-state index contributed by atoms with van der Waals surface area (Å²) >= 11 is 3.37. The Labute approximate surface area is 125 Å². The van der Waals surface area contributed by atoms with Crippen molar-refractivity contribution in [3.05, 3.63) is 52.3 Å². The summed E-state index contributed by atoms with van der Waals surface area (Å²) in [4.78, 5) is 4.38. The maximum atomic E-state index is 5.68. The van der Waals surface area contributed by atoms with E-state index >= 15 is 0 Å². The zero-order valence-corrected chi connectivity index (χ0v) is 12.3. The fraction of sp³-hybridized carbons (Fsp3) is 0.214. The van der Waals surface area contributed by atoms with Gasteiger partial charge in [-0.05, 0) is 45.8 Å². The molecule has 1 aromatic heterocycles. The number of pyridine rings is 1. The van der Waals surface area contributed by atoms with Crippen molar-refractivity contribution in [2.75, 3.05) is 13.2 Å². The fourth-order valence-corrected chi connectivity index (χ4v) is 2.38. The van der Waals surface area contributed by atoms with Crippen LogP contribution in [0.4, 0.5) is 0 Å². The molecule has 1 aliphatic heterocycles. The zero-order chi connectivity index (χ0) is 13.9. The second-order valence-corrected chi connectivity index (χ2v) is 5.32. The van der Waals surface area contributed by atoms with Crippen molar-refractivity contribution in [2.45, 2.75) is 6.04 Å². The summed E-state index contributed by atoms with van der Waals surface area (Å²) < 4.78 is 12.0. The molecular formula is C14H14BrN3O2. The molecule has 2 heterocycles. The zero-order valence-electron chi connectivity index (χ0n) is 10.7. The molecule has 0 bridgehead atoms. The number of hydrazine groups is 1. The van der Waals surface area contributed by atoms with Crippen molar-refractivity contribution in [1.82, 2.24) is 10.4 Å². The van der Waals surface area contributed by atoms with Crippen LogP contribution in [-0.4, -0.2) is 18.2 Å². The number of rotatable bonds is 3. The highest BCUT2D eigenvalue weighted by molar-refractivity contribution is 9.10. The summed E-state index contributed by atoms with van der Waals surface area (Å²) in [6.07, 6.45) is 1.75. The van der Waals surface area contributed by atoms with Gasteiger partial charge in [0.15, 0.2) is 11.5 Å². The van der Waals surface area contributed by atoms with E-state index in [1.807, 2.05) is 30.3 Å². The first-order valence-electron chi connectivity index (χ1n) is 6.25. The highest BCUT2D eigenvalue weighted by atomic mass is 79.9. The lowest BCUT2D eigenvalue weighted by Crippen LogP contribution is -2.29. The van der Waals surface area contributed by atoms with Gasteiger partial charge in [-0.2, -0.15) is 0 Å². The summed E-state index contributed by atoms with van der Waals surface area (Å²) in [6.45, 7) is 1.15. The van der Waals surface area contributed by atoms with E-state index in [4.69, 9.17) is 15.3 Å². The molecule has 0 fully saturated rings. The van der Waals surface area contributed by atoms with E-state index in [-0.39, 0.29) is 6.04 Å². The minimum Gasteiger partial charge on any atom is -0.486 e. The van der Waals surface area contributed by atoms with Crippen molar-refractivity contribution in [1.29, 1.82) is 0 Å². The number of benzene rings is 1. The number of halogens is 1. The Morgan fingerprint density at radius 1 is 1.15 bits per heavy atom. The van der Waals surface area contributed by atoms with Crippen molar-refractivity contribution >= 4 is 15.9 Å². The van der Waals surface area contributed by atoms with Gasteiger partial charge in [0.2, 0.25) is 0 Å². The van der Waals surface area contributed by atoms with Crippen LogP contribution in [0.5, 0.6) is 11.5 Å². The SMILES string of the molecule is NNC(c1ccc2c(c1)OCCO2)c1ccc(Br)cn1. The maximum Gasteiger partial charge on any atom is 0.161 e. The van der Waals surface area contributed by atoms with Crippen LogP contribution in [0.2, 0.25) is 0 Å². The highest BCUT2D eigenvalue weighted by Crippen LogP contribution is 2.33. The van der Waals surface area contributed by atoms with Crippen LogP contribution in [0.15, 0.2) is 41.0 Å². The second-order valence-electron chi connectivity index (χ2n) is 4.40. The Morgan fingerprint density at radius 2 is 1.95 bits per heavy atom. The van der Waals surface area contributed by atoms with Gasteiger partial charge in [-0.3, -0.25) is 10.8 Å². The second kappa shape index (κ2) is 5.78. The lowest BCUT2D eigenvalue weighted by molar-refractivity contribution is 0.171. The maximum absolute atomic E-state index is 5.68. The predicted octanol–water partition coefficient (Wildman–Crippen LogP) is 2.17. The Morgan fingerprint density at radius 3 is 2.65 bits per heavy atom. The van der Waals surface area contributed by atoms with Crippen LogP contribution in [0.3, 0.4) is 0 Å². The van der Waals surface area contributed by atoms with Gasteiger partial charge < -0.3 is 9.47 Å². The topological polar surface area (TPSA) is 69.4 Å². The third kappa shape index (κ3) is 2.63. The Bertz CT molecular complexity index is 604. The molecule has 1 aliphatic rings. The molecule has 2 aromatic rings. The quantitative estimate of drug-likeness (QED) is 0.664. The van der Waals surface area contributed by atoms with Crippen LogP contribution in [-0.2, 0) is 0 Å². The van der Waals surface area contributed by atoms with Crippen LogP contribution in [0, 0.1) is 0 Å². The summed E-state index contributed by atoms with van der Waals surface area (Å²) in [6, 6.07) is 9.45. The number of aromatic nitrogens is 1. The molecular weight excluding hydrogens is 322 g/mol. The van der Waals surface area contributed by atoms with Gasteiger partial charge in [-0.1, -0.05) is 6.07 Å². The number of nitrogens with two attached hydrogens (primary N) is 1. The Hall–Kier alpha value is -1.63. The largest absolute Gasteiger partial charge is 0.486 e. The smallest absolute Gasteiger partial charge is 0.161 e. The van der Waals surface area contributed by atoms with Crippen molar-refractivity contribution in [3.8, 4) is 11.5 Å². The molecule has 0 saturated heterocycles. The number of nitrogens with one attached hydrogen (secondary N) is 1. The normalized spacial score (nSPS) is 14.9. The van der Waals surface area contributed by atoms with Gasteiger partial charge in [-0.25, -0.2) is 5.43 Å². The van der Waals surface area contributed by atoms with E-state index in [1.54, 1.807) is 6.20 Å². The van der Waals surface area contributed by atoms with E-state index < -0.39 is 0 Å². The standard InChI is InChI=1S/C14H14BrN3O2/c15-10-2-3-11(17-8-10)14(18-16)9-1-4-12-13(7-9)20-6-5-19-12/h1-4,7-8,14,18H,5-6,16H2. The molecule has 0 saturated carbocycles. The molecule has 6 heteroatoms. The van der Waals surface area contributed by atoms with E-state index in [9.17, 15) is 0 Å². The number of nitrogens with zero attached hydrogens (tertiary/aromatic N) is 1. The molecule has 1 aromatic carbocycles. The number of hydrogen-bond acceptors (Lipinski definition) is 5. The van der Waals surface area contributed by atoms with Crippen LogP contribution in [0.25, 0.3) is 0 Å². The first-order valence-corrected chi connectivity index (χ1v) is 7.04. The minimum absolute atomic E-state index is 0.195. The van der Waals surface area contributed by atoms with E-state index in [1.165, 1.54) is 0 Å².